The van der Waals surface area contributed by atoms with Gasteiger partial charge in [0.15, 0.2) is 4.80 Å². The van der Waals surface area contributed by atoms with E-state index in [2.05, 4.69) is 4.99 Å². The van der Waals surface area contributed by atoms with Gasteiger partial charge in [-0.05, 0) is 74.2 Å². The largest absolute Gasteiger partial charge is 0.465 e. The van der Waals surface area contributed by atoms with Gasteiger partial charge in [0.05, 0.1) is 27.4 Å². The molecule has 0 fully saturated rings. The van der Waals surface area contributed by atoms with E-state index >= 15 is 0 Å². The summed E-state index contributed by atoms with van der Waals surface area (Å²) in [4.78, 5) is 30.2. The van der Waals surface area contributed by atoms with Crippen LogP contribution in [0.2, 0.25) is 0 Å². The highest BCUT2D eigenvalue weighted by Gasteiger charge is 2.29. The zero-order chi connectivity index (χ0) is 26.9. The fraction of sp³-hybridized carbons (Fsp3) is 0.250. The summed E-state index contributed by atoms with van der Waals surface area (Å²) in [5.41, 5.74) is 3.72. The molecule has 0 bridgehead atoms. The molecule has 4 aromatic rings. The van der Waals surface area contributed by atoms with E-state index in [1.165, 1.54) is 39.9 Å². The molecule has 3 aromatic carbocycles. The highest BCUT2D eigenvalue weighted by atomic mass is 32.2. The summed E-state index contributed by atoms with van der Waals surface area (Å²) in [5, 5.41) is 0. The van der Waals surface area contributed by atoms with Crippen molar-refractivity contribution < 1.29 is 22.7 Å². The Bertz CT molecular complexity index is 1700. The average molecular weight is 550 g/mol. The number of hydrogen-bond acceptors (Lipinski definition) is 6. The highest BCUT2D eigenvalue weighted by molar-refractivity contribution is 7.92. The molecule has 196 valence electrons. The number of ether oxygens (including phenoxy) is 1. The lowest BCUT2D eigenvalue weighted by atomic mass is 10.0. The first-order valence-electron chi connectivity index (χ1n) is 12.3. The van der Waals surface area contributed by atoms with Crippen molar-refractivity contribution in [2.45, 2.75) is 38.1 Å². The van der Waals surface area contributed by atoms with Crippen LogP contribution in [0.3, 0.4) is 0 Å². The number of hydrogen-bond donors (Lipinski definition) is 0. The van der Waals surface area contributed by atoms with Gasteiger partial charge in [-0.1, -0.05) is 41.7 Å². The molecule has 0 aliphatic carbocycles. The maximum absolute atomic E-state index is 13.4. The number of anilines is 1. The summed E-state index contributed by atoms with van der Waals surface area (Å²) < 4.78 is 36.0. The zero-order valence-electron chi connectivity index (χ0n) is 21.1. The van der Waals surface area contributed by atoms with Crippen LogP contribution in [0.15, 0.2) is 76.6 Å². The van der Waals surface area contributed by atoms with Crippen molar-refractivity contribution in [1.29, 1.82) is 0 Å². The standard InChI is InChI=1S/C28H27N3O5S2/c1-3-36-25(32)18-30-26-19(2)8-6-12-24(26)37-28(30)29-27(33)21-13-15-22(16-14-21)38(34,35)31-17-7-10-20-9-4-5-11-23(20)31/h4-6,8-9,11-16H,3,7,10,17-18H2,1-2H3. The minimum absolute atomic E-state index is 0.0701. The van der Waals surface area contributed by atoms with Crippen molar-refractivity contribution in [3.63, 3.8) is 0 Å². The zero-order valence-corrected chi connectivity index (χ0v) is 22.7. The predicted molar refractivity (Wildman–Crippen MR) is 147 cm³/mol. The lowest BCUT2D eigenvalue weighted by molar-refractivity contribution is -0.143. The maximum atomic E-state index is 13.4. The molecule has 8 nitrogen and oxygen atoms in total. The SMILES string of the molecule is CCOC(=O)Cn1c(=NC(=O)c2ccc(S(=O)(=O)N3CCCc4ccccc43)cc2)sc2cccc(C)c21. The number of amides is 1. The minimum Gasteiger partial charge on any atom is -0.465 e. The fourth-order valence-electron chi connectivity index (χ4n) is 4.67. The highest BCUT2D eigenvalue weighted by Crippen LogP contribution is 2.32. The molecule has 1 aliphatic rings. The Morgan fingerprint density at radius 2 is 1.79 bits per heavy atom. The molecular formula is C28H27N3O5S2. The summed E-state index contributed by atoms with van der Waals surface area (Å²) in [6.07, 6.45) is 1.58. The second-order valence-electron chi connectivity index (χ2n) is 8.95. The van der Waals surface area contributed by atoms with Crippen molar-refractivity contribution in [1.82, 2.24) is 4.57 Å². The predicted octanol–water partition coefficient (Wildman–Crippen LogP) is 4.46. The summed E-state index contributed by atoms with van der Waals surface area (Å²) in [5.74, 6) is -0.947. The smallest absolute Gasteiger partial charge is 0.326 e. The summed E-state index contributed by atoms with van der Waals surface area (Å²) in [6.45, 7) is 4.26. The second-order valence-corrected chi connectivity index (χ2v) is 11.8. The van der Waals surface area contributed by atoms with Crippen LogP contribution in [0.5, 0.6) is 0 Å². The lowest BCUT2D eigenvalue weighted by Crippen LogP contribution is -2.35. The van der Waals surface area contributed by atoms with E-state index in [1.54, 1.807) is 11.5 Å². The number of carbonyl (C=O) groups excluding carboxylic acids is 2. The van der Waals surface area contributed by atoms with Gasteiger partial charge in [0.2, 0.25) is 0 Å². The second kappa shape index (κ2) is 10.5. The number of para-hydroxylation sites is 2. The van der Waals surface area contributed by atoms with E-state index in [0.29, 0.717) is 17.0 Å². The molecule has 0 saturated heterocycles. The topological polar surface area (TPSA) is 98.0 Å². The summed E-state index contributed by atoms with van der Waals surface area (Å²) >= 11 is 1.31. The van der Waals surface area contributed by atoms with Crippen LogP contribution in [0.4, 0.5) is 5.69 Å². The van der Waals surface area contributed by atoms with Gasteiger partial charge in [-0.2, -0.15) is 4.99 Å². The lowest BCUT2D eigenvalue weighted by Gasteiger charge is -2.30. The van der Waals surface area contributed by atoms with Gasteiger partial charge in [-0.25, -0.2) is 8.42 Å². The molecule has 0 radical (unpaired) electrons. The third-order valence-electron chi connectivity index (χ3n) is 6.45. The number of nitrogens with zero attached hydrogens (tertiary/aromatic N) is 3. The molecule has 0 unspecified atom stereocenters. The Labute approximate surface area is 224 Å². The number of fused-ring (bicyclic) bond motifs is 2. The first-order valence-corrected chi connectivity index (χ1v) is 14.6. The van der Waals surface area contributed by atoms with Gasteiger partial charge in [0.25, 0.3) is 15.9 Å². The number of benzene rings is 3. The van der Waals surface area contributed by atoms with E-state index in [4.69, 9.17) is 4.74 Å². The van der Waals surface area contributed by atoms with E-state index < -0.39 is 21.9 Å². The number of aryl methyl sites for hydroxylation is 2. The van der Waals surface area contributed by atoms with Gasteiger partial charge in [-0.15, -0.1) is 0 Å². The molecule has 1 aliphatic heterocycles. The third kappa shape index (κ3) is 4.89. The first kappa shape index (κ1) is 25.9. The number of carbonyl (C=O) groups is 2. The number of esters is 1. The Morgan fingerprint density at radius 1 is 1.03 bits per heavy atom. The molecule has 0 atom stereocenters. The van der Waals surface area contributed by atoms with E-state index in [1.807, 2.05) is 49.4 Å². The van der Waals surface area contributed by atoms with Crippen molar-refractivity contribution in [3.8, 4) is 0 Å². The van der Waals surface area contributed by atoms with Gasteiger partial charge >= 0.3 is 5.97 Å². The van der Waals surface area contributed by atoms with Crippen molar-refractivity contribution in [2.24, 2.45) is 4.99 Å². The normalized spacial score (nSPS) is 13.9. The number of aromatic nitrogens is 1. The Morgan fingerprint density at radius 3 is 2.55 bits per heavy atom. The van der Waals surface area contributed by atoms with Gasteiger partial charge in [0.1, 0.15) is 6.54 Å². The Balaban J connectivity index is 1.47. The monoisotopic (exact) mass is 549 g/mol. The van der Waals surface area contributed by atoms with E-state index in [0.717, 1.165) is 34.2 Å². The average Bonchev–Trinajstić information content (AvgIpc) is 3.26. The molecule has 10 heteroatoms. The molecule has 5 rings (SSSR count). The van der Waals surface area contributed by atoms with Crippen molar-refractivity contribution in [3.05, 3.63) is 88.2 Å². The molecule has 1 amide bonds. The molecule has 2 heterocycles. The van der Waals surface area contributed by atoms with Crippen LogP contribution in [-0.2, 0) is 32.5 Å². The molecule has 0 spiro atoms. The van der Waals surface area contributed by atoms with Crippen molar-refractivity contribution >= 4 is 49.1 Å². The number of rotatable bonds is 6. The van der Waals surface area contributed by atoms with Gasteiger partial charge < -0.3 is 9.30 Å². The van der Waals surface area contributed by atoms with Crippen LogP contribution >= 0.6 is 11.3 Å². The van der Waals surface area contributed by atoms with Crippen LogP contribution < -0.4 is 9.11 Å². The van der Waals surface area contributed by atoms with Gasteiger partial charge in [-0.3, -0.25) is 13.9 Å². The number of thiazole rings is 1. The quantitative estimate of drug-likeness (QED) is 0.331. The molecule has 0 saturated carbocycles. The molecule has 0 N–H and O–H groups in total. The molecule has 38 heavy (non-hydrogen) atoms. The molecule has 1 aromatic heterocycles. The fourth-order valence-corrected chi connectivity index (χ4v) is 7.32. The van der Waals surface area contributed by atoms with E-state index in [-0.39, 0.29) is 23.6 Å². The van der Waals surface area contributed by atoms with Crippen LogP contribution in [0, 0.1) is 6.92 Å². The van der Waals surface area contributed by atoms with Crippen LogP contribution in [-0.4, -0.2) is 38.0 Å². The van der Waals surface area contributed by atoms with Crippen LogP contribution in [0.1, 0.15) is 34.8 Å². The minimum atomic E-state index is -3.79. The third-order valence-corrected chi connectivity index (χ3v) is 9.32. The van der Waals surface area contributed by atoms with E-state index in [9.17, 15) is 18.0 Å². The first-order chi connectivity index (χ1) is 18.3. The maximum Gasteiger partial charge on any atom is 0.326 e. The summed E-state index contributed by atoms with van der Waals surface area (Å²) in [7, 11) is -3.79. The summed E-state index contributed by atoms with van der Waals surface area (Å²) in [6, 6.07) is 19.1. The molecular weight excluding hydrogens is 522 g/mol. The van der Waals surface area contributed by atoms with Crippen LogP contribution in [0.25, 0.3) is 10.2 Å². The number of sulfonamides is 1. The Kier molecular flexibility index (Phi) is 7.18. The van der Waals surface area contributed by atoms with Crippen molar-refractivity contribution in [2.75, 3.05) is 17.5 Å². The van der Waals surface area contributed by atoms with Gasteiger partial charge in [0, 0.05) is 12.1 Å². The Hall–Kier alpha value is -3.76.